The normalized spacial score (nSPS) is 14.4. The van der Waals surface area contributed by atoms with Crippen LogP contribution < -0.4 is 0 Å². The predicted molar refractivity (Wildman–Crippen MR) is 74.9 cm³/mol. The van der Waals surface area contributed by atoms with E-state index in [9.17, 15) is 0 Å². The zero-order valence-electron chi connectivity index (χ0n) is 11.1. The molecular weight excluding hydrogens is 236 g/mol. The molecule has 0 saturated carbocycles. The summed E-state index contributed by atoms with van der Waals surface area (Å²) in [5.41, 5.74) is 0. The average molecular weight is 263 g/mol. The molecule has 0 aliphatic rings. The summed E-state index contributed by atoms with van der Waals surface area (Å²) in [6.07, 6.45) is 0. The van der Waals surface area contributed by atoms with Gasteiger partial charge in [-0.1, -0.05) is 13.8 Å². The van der Waals surface area contributed by atoms with Gasteiger partial charge in [0.15, 0.2) is 16.6 Å². The van der Waals surface area contributed by atoms with Crippen molar-refractivity contribution in [1.82, 2.24) is 0 Å². The van der Waals surface area contributed by atoms with E-state index in [0.29, 0.717) is 0 Å². The second-order valence-corrected chi connectivity index (χ2v) is 18.1. The summed E-state index contributed by atoms with van der Waals surface area (Å²) in [5.74, 6) is 0. The highest BCUT2D eigenvalue weighted by molar-refractivity contribution is 6.87. The maximum Gasteiger partial charge on any atom is 0.311 e. The summed E-state index contributed by atoms with van der Waals surface area (Å²) in [6.45, 7) is 21.0. The van der Waals surface area contributed by atoms with Crippen LogP contribution in [0.25, 0.3) is 0 Å². The number of hydrogen-bond acceptors (Lipinski definition) is 2. The largest absolute Gasteiger partial charge is 0.437 e. The van der Waals surface area contributed by atoms with Gasteiger partial charge < -0.3 is 8.23 Å². The smallest absolute Gasteiger partial charge is 0.311 e. The molecule has 0 aromatic rings. The van der Waals surface area contributed by atoms with Crippen molar-refractivity contribution < 1.29 is 8.23 Å². The number of rotatable bonds is 6. The molecule has 0 bridgehead atoms. The van der Waals surface area contributed by atoms with E-state index < -0.39 is 25.2 Å². The molecule has 0 aliphatic heterocycles. The van der Waals surface area contributed by atoms with E-state index in [2.05, 4.69) is 53.1 Å². The zero-order chi connectivity index (χ0) is 12.3. The summed E-state index contributed by atoms with van der Waals surface area (Å²) in [6, 6.07) is 1.80. The van der Waals surface area contributed by atoms with Gasteiger partial charge in [-0.2, -0.15) is 0 Å². The third kappa shape index (κ3) is 6.68. The van der Waals surface area contributed by atoms with E-state index in [4.69, 9.17) is 8.23 Å². The van der Waals surface area contributed by atoms with Gasteiger partial charge in [-0.25, -0.2) is 0 Å². The molecule has 2 radical (unpaired) electrons. The van der Waals surface area contributed by atoms with Crippen molar-refractivity contribution >= 4 is 25.2 Å². The Balaban J connectivity index is 4.43. The summed E-state index contributed by atoms with van der Waals surface area (Å²) < 4.78 is 12.4. The minimum Gasteiger partial charge on any atom is -0.437 e. The van der Waals surface area contributed by atoms with Crippen molar-refractivity contribution in [3.8, 4) is 0 Å². The molecule has 0 saturated heterocycles. The molecule has 0 fully saturated rings. The molecule has 0 heterocycles. The Hall–Kier alpha value is 0.571. The lowest BCUT2D eigenvalue weighted by Crippen LogP contribution is -2.51. The molecule has 0 aliphatic carbocycles. The van der Waals surface area contributed by atoms with Crippen molar-refractivity contribution in [3.63, 3.8) is 0 Å². The van der Waals surface area contributed by atoms with Crippen LogP contribution in [0.4, 0.5) is 0 Å². The van der Waals surface area contributed by atoms with Gasteiger partial charge in [-0.15, -0.1) is 0 Å². The molecule has 0 atom stereocenters. The van der Waals surface area contributed by atoms with Gasteiger partial charge in [-0.3, -0.25) is 0 Å². The van der Waals surface area contributed by atoms with Gasteiger partial charge in [0, 0.05) is 0 Å². The highest BCUT2D eigenvalue weighted by Crippen LogP contribution is 2.23. The van der Waals surface area contributed by atoms with Gasteiger partial charge in [0.05, 0.1) is 0 Å². The lowest BCUT2D eigenvalue weighted by molar-refractivity contribution is 0.391. The molecule has 0 spiro atoms. The van der Waals surface area contributed by atoms with Crippen LogP contribution in [0.15, 0.2) is 0 Å². The topological polar surface area (TPSA) is 18.5 Å². The first kappa shape index (κ1) is 15.6. The van der Waals surface area contributed by atoms with E-state index in [1.165, 1.54) is 0 Å². The Morgan fingerprint density at radius 3 is 1.20 bits per heavy atom. The number of hydrogen-bond donors (Lipinski definition) is 0. The molecule has 0 rings (SSSR count). The molecular formula is C10H26O2Si3. The SMILES string of the molecule is [CH2]C[Si](C)(C)O[Si](C)(C)O[Si](C)(C)C[CH2]. The summed E-state index contributed by atoms with van der Waals surface area (Å²) in [4.78, 5) is 0. The van der Waals surface area contributed by atoms with Crippen LogP contribution in [0.5, 0.6) is 0 Å². The Morgan fingerprint density at radius 2 is 1.00 bits per heavy atom. The van der Waals surface area contributed by atoms with Crippen LogP contribution in [0.2, 0.25) is 51.4 Å². The average Bonchev–Trinajstić information content (AvgIpc) is 2.00. The molecule has 2 nitrogen and oxygen atoms in total. The van der Waals surface area contributed by atoms with Crippen LogP contribution >= 0.6 is 0 Å². The van der Waals surface area contributed by atoms with Gasteiger partial charge in [0.2, 0.25) is 0 Å². The third-order valence-electron chi connectivity index (χ3n) is 2.25. The van der Waals surface area contributed by atoms with Gasteiger partial charge >= 0.3 is 8.56 Å². The van der Waals surface area contributed by atoms with Crippen LogP contribution in [0.1, 0.15) is 0 Å². The minimum atomic E-state index is -1.97. The Kier molecular flexibility index (Phi) is 5.47. The van der Waals surface area contributed by atoms with Crippen molar-refractivity contribution in [2.45, 2.75) is 51.4 Å². The Morgan fingerprint density at radius 1 is 0.733 bits per heavy atom. The summed E-state index contributed by atoms with van der Waals surface area (Å²) >= 11 is 0. The van der Waals surface area contributed by atoms with E-state index in [1.807, 2.05) is 0 Å². The third-order valence-corrected chi connectivity index (χ3v) is 13.0. The molecule has 0 amide bonds. The molecule has 90 valence electrons. The summed E-state index contributed by atoms with van der Waals surface area (Å²) in [7, 11) is -5.17. The van der Waals surface area contributed by atoms with Crippen LogP contribution in [0, 0.1) is 13.8 Å². The van der Waals surface area contributed by atoms with Gasteiger partial charge in [0.1, 0.15) is 0 Å². The molecule has 0 aromatic heterocycles. The standard InChI is InChI=1S/C10H26O2Si3/c1-9-13(3,4)11-15(7,8)12-14(5,6)10-2/h1-2,9-10H2,3-8H3. The van der Waals surface area contributed by atoms with E-state index in [1.54, 1.807) is 0 Å². The zero-order valence-corrected chi connectivity index (χ0v) is 14.1. The van der Waals surface area contributed by atoms with Crippen molar-refractivity contribution in [3.05, 3.63) is 13.8 Å². The van der Waals surface area contributed by atoms with Crippen molar-refractivity contribution in [2.24, 2.45) is 0 Å². The maximum atomic E-state index is 6.21. The quantitative estimate of drug-likeness (QED) is 0.678. The molecule has 0 aromatic carbocycles. The molecule has 0 N–H and O–H groups in total. The second-order valence-electron chi connectivity index (χ2n) is 5.62. The van der Waals surface area contributed by atoms with E-state index >= 15 is 0 Å². The van der Waals surface area contributed by atoms with Crippen molar-refractivity contribution in [1.29, 1.82) is 0 Å². The molecule has 15 heavy (non-hydrogen) atoms. The first-order chi connectivity index (χ1) is 6.54. The fourth-order valence-electron chi connectivity index (χ4n) is 1.45. The fraction of sp³-hybridized carbons (Fsp3) is 0.800. The highest BCUT2D eigenvalue weighted by atomic mass is 28.5. The highest BCUT2D eigenvalue weighted by Gasteiger charge is 2.38. The summed E-state index contributed by atoms with van der Waals surface area (Å²) in [5, 5.41) is 0. The van der Waals surface area contributed by atoms with Gasteiger partial charge in [0.25, 0.3) is 0 Å². The molecule has 5 heteroatoms. The minimum absolute atomic E-state index is 0.902. The first-order valence-electron chi connectivity index (χ1n) is 5.52. The fourth-order valence-corrected chi connectivity index (χ4v) is 13.5. The van der Waals surface area contributed by atoms with Crippen LogP contribution in [-0.2, 0) is 8.23 Å². The predicted octanol–water partition coefficient (Wildman–Crippen LogP) is 3.80. The monoisotopic (exact) mass is 262 g/mol. The second kappa shape index (κ2) is 5.27. The molecule has 0 unspecified atom stereocenters. The van der Waals surface area contributed by atoms with Crippen LogP contribution in [-0.4, -0.2) is 25.2 Å². The Labute approximate surface area is 98.9 Å². The lowest BCUT2D eigenvalue weighted by Gasteiger charge is -2.38. The van der Waals surface area contributed by atoms with E-state index in [0.717, 1.165) is 12.1 Å². The maximum absolute atomic E-state index is 6.21. The van der Waals surface area contributed by atoms with E-state index in [-0.39, 0.29) is 0 Å². The van der Waals surface area contributed by atoms with Crippen LogP contribution in [0.3, 0.4) is 0 Å². The lowest BCUT2D eigenvalue weighted by atomic mass is 11.0. The first-order valence-corrected chi connectivity index (χ1v) is 14.6. The Bertz CT molecular complexity index is 183. The van der Waals surface area contributed by atoms with Gasteiger partial charge in [-0.05, 0) is 51.4 Å². The van der Waals surface area contributed by atoms with Crippen molar-refractivity contribution in [2.75, 3.05) is 0 Å².